The fourth-order valence-corrected chi connectivity index (χ4v) is 5.57. The van der Waals surface area contributed by atoms with Crippen LogP contribution in [-0.4, -0.2) is 81.0 Å². The van der Waals surface area contributed by atoms with Crippen LogP contribution >= 0.6 is 35.1 Å². The Morgan fingerprint density at radius 1 is 0.680 bits per heavy atom. The van der Waals surface area contributed by atoms with Gasteiger partial charge in [-0.15, -0.1) is 0 Å². The number of ketones is 2. The van der Waals surface area contributed by atoms with Gasteiger partial charge in [-0.2, -0.15) is 23.5 Å². The van der Waals surface area contributed by atoms with Gasteiger partial charge in [-0.05, 0) is 37.3 Å². The summed E-state index contributed by atoms with van der Waals surface area (Å²) in [5.41, 5.74) is 5.86. The second-order valence-corrected chi connectivity index (χ2v) is 18.3. The van der Waals surface area contributed by atoms with Gasteiger partial charge < -0.3 is 20.5 Å². The number of carbonyl (C=O) groups excluding carboxylic acids is 6. The third-order valence-corrected chi connectivity index (χ3v) is 9.73. The van der Waals surface area contributed by atoms with Crippen LogP contribution in [0.5, 0.6) is 0 Å². The molecule has 3 N–H and O–H groups in total. The van der Waals surface area contributed by atoms with Crippen LogP contribution in [0.2, 0.25) is 0 Å². The molecule has 0 aliphatic carbocycles. The molecule has 0 radical (unpaired) electrons. The molecule has 0 aromatic carbocycles. The molecular weight excluding hydrogens is 700 g/mol. The van der Waals surface area contributed by atoms with Crippen LogP contribution in [0.4, 0.5) is 0 Å². The number of amides is 1. The van der Waals surface area contributed by atoms with E-state index in [2.05, 4.69) is 46.9 Å². The van der Waals surface area contributed by atoms with E-state index in [0.717, 1.165) is 0 Å². The van der Waals surface area contributed by atoms with E-state index in [1.54, 1.807) is 51.2 Å². The second-order valence-electron chi connectivity index (χ2n) is 14.2. The normalized spacial score (nSPS) is 13.6. The molecule has 0 spiro atoms. The monoisotopic (exact) mass is 770 g/mol. The predicted molar refractivity (Wildman–Crippen MR) is 212 cm³/mol. The third kappa shape index (κ3) is 30.0. The number of nitrogens with one attached hydrogen (secondary N) is 1. The molecule has 50 heavy (non-hydrogen) atoms. The molecule has 0 heterocycles. The number of hydrogen-bond donors (Lipinski definition) is 2. The Morgan fingerprint density at radius 3 is 1.30 bits per heavy atom. The van der Waals surface area contributed by atoms with Gasteiger partial charge in [-0.3, -0.25) is 28.8 Å². The molecule has 13 heteroatoms. The lowest BCUT2D eigenvalue weighted by Crippen LogP contribution is -2.45. The van der Waals surface area contributed by atoms with Crippen molar-refractivity contribution in [3.63, 3.8) is 0 Å². The highest BCUT2D eigenvalue weighted by Gasteiger charge is 2.31. The van der Waals surface area contributed by atoms with Gasteiger partial charge in [0.2, 0.25) is 11.1 Å². The molecule has 4 atom stereocenters. The number of esters is 2. The summed E-state index contributed by atoms with van der Waals surface area (Å²) in [6.45, 7) is 27.7. The molecule has 10 nitrogen and oxygen atoms in total. The SMILES string of the molecule is C.CCC(=O)Cl.CCOC(=O)[C@H](CSC(C)(C)C)CC(=O)[C@@H](N)C(C)C.CCOC(=O)[C@H](CSC(C)(C)C)CC(=O)[C@@H](NC(=O)CC)C(C)C. The van der Waals surface area contributed by atoms with E-state index in [9.17, 15) is 28.8 Å². The Morgan fingerprint density at radius 2 is 1.04 bits per heavy atom. The van der Waals surface area contributed by atoms with Crippen molar-refractivity contribution in [3.8, 4) is 0 Å². The van der Waals surface area contributed by atoms with Gasteiger partial charge in [0.25, 0.3) is 0 Å². The quantitative estimate of drug-likeness (QED) is 0.0982. The summed E-state index contributed by atoms with van der Waals surface area (Å²) in [5.74, 6) is -0.685. The van der Waals surface area contributed by atoms with Gasteiger partial charge in [0.15, 0.2) is 11.6 Å². The smallest absolute Gasteiger partial charge is 0.310 e. The molecule has 1 amide bonds. The van der Waals surface area contributed by atoms with Gasteiger partial charge >= 0.3 is 11.9 Å². The molecule has 296 valence electrons. The van der Waals surface area contributed by atoms with Crippen LogP contribution in [0, 0.1) is 23.7 Å². The lowest BCUT2D eigenvalue weighted by atomic mass is 9.93. The molecule has 0 rings (SSSR count). The summed E-state index contributed by atoms with van der Waals surface area (Å²) >= 11 is 8.12. The standard InChI is InChI=1S/C18H33NO4S.C15H29NO3S.C3H5ClO.CH4/c1-8-15(21)19-16(12(3)4)14(20)10-13(17(22)23-9-2)11-24-18(5,6)7;1-7-19-14(18)11(9-20-15(4,5)6)8-12(17)13(16)10(2)3;1-2-3(4)5;/h12-13,16H,8-11H2,1-7H3,(H,19,21);10-11,13H,7-9,16H2,1-6H3;2H2,1H3;1H4/t13-,16-;11-,13-;;/m00../s1. The highest BCUT2D eigenvalue weighted by Crippen LogP contribution is 2.29. The van der Waals surface area contributed by atoms with Crippen molar-refractivity contribution in [1.29, 1.82) is 0 Å². The maximum atomic E-state index is 12.6. The molecule has 0 unspecified atom stereocenters. The first kappa shape index (κ1) is 55.1. The van der Waals surface area contributed by atoms with Gasteiger partial charge in [0.1, 0.15) is 0 Å². The molecule has 0 saturated heterocycles. The largest absolute Gasteiger partial charge is 0.466 e. The molecule has 0 fully saturated rings. The average molecular weight is 772 g/mol. The van der Waals surface area contributed by atoms with Crippen LogP contribution in [0.1, 0.15) is 130 Å². The lowest BCUT2D eigenvalue weighted by molar-refractivity contribution is -0.149. The van der Waals surface area contributed by atoms with Crippen molar-refractivity contribution < 1.29 is 38.2 Å². The number of carbonyl (C=O) groups is 6. The van der Waals surface area contributed by atoms with E-state index >= 15 is 0 Å². The zero-order valence-electron chi connectivity index (χ0n) is 32.7. The number of Topliss-reactive ketones (excluding diaryl/α,β-unsaturated/α-hetero) is 2. The Labute approximate surface area is 318 Å². The Hall–Kier alpha value is -1.63. The summed E-state index contributed by atoms with van der Waals surface area (Å²) in [7, 11) is 0. The highest BCUT2D eigenvalue weighted by atomic mass is 35.5. The summed E-state index contributed by atoms with van der Waals surface area (Å²) < 4.78 is 10.2. The fraction of sp³-hybridized carbons (Fsp3) is 0.838. The molecular formula is C37H71ClN2O8S2. The topological polar surface area (TPSA) is 159 Å². The molecule has 0 aliphatic heterocycles. The van der Waals surface area contributed by atoms with Crippen molar-refractivity contribution in [2.45, 2.75) is 152 Å². The maximum absolute atomic E-state index is 12.6. The zero-order valence-corrected chi connectivity index (χ0v) is 35.0. The maximum Gasteiger partial charge on any atom is 0.310 e. The summed E-state index contributed by atoms with van der Waals surface area (Å²) in [6.07, 6.45) is 1.02. The summed E-state index contributed by atoms with van der Waals surface area (Å²) in [6, 6.07) is -1.07. The lowest BCUT2D eigenvalue weighted by Gasteiger charge is -2.25. The molecule has 0 aromatic rings. The molecule has 0 aromatic heterocycles. The number of hydrogen-bond acceptors (Lipinski definition) is 11. The Balaban J connectivity index is -0.000000370. The van der Waals surface area contributed by atoms with E-state index in [1.807, 2.05) is 27.7 Å². The second kappa shape index (κ2) is 28.9. The van der Waals surface area contributed by atoms with Crippen molar-refractivity contribution >= 4 is 69.8 Å². The first-order chi connectivity index (χ1) is 22.4. The highest BCUT2D eigenvalue weighted by molar-refractivity contribution is 8.00. The van der Waals surface area contributed by atoms with Crippen LogP contribution in [0.15, 0.2) is 0 Å². The number of thioether (sulfide) groups is 2. The first-order valence-corrected chi connectivity index (χ1v) is 19.6. The van der Waals surface area contributed by atoms with Gasteiger partial charge in [-0.25, -0.2) is 0 Å². The van der Waals surface area contributed by atoms with Crippen LogP contribution < -0.4 is 11.1 Å². The van der Waals surface area contributed by atoms with E-state index < -0.39 is 23.9 Å². The van der Waals surface area contributed by atoms with E-state index in [-0.39, 0.29) is 76.3 Å². The van der Waals surface area contributed by atoms with Crippen molar-refractivity contribution in [1.82, 2.24) is 5.32 Å². The summed E-state index contributed by atoms with van der Waals surface area (Å²) in [4.78, 5) is 70.1. The van der Waals surface area contributed by atoms with Crippen LogP contribution in [-0.2, 0) is 38.2 Å². The van der Waals surface area contributed by atoms with E-state index in [1.165, 1.54) is 0 Å². The van der Waals surface area contributed by atoms with E-state index in [4.69, 9.17) is 26.8 Å². The van der Waals surface area contributed by atoms with Crippen LogP contribution in [0.25, 0.3) is 0 Å². The fourth-order valence-electron chi connectivity index (χ4n) is 3.66. The van der Waals surface area contributed by atoms with Crippen molar-refractivity contribution in [2.24, 2.45) is 29.4 Å². The van der Waals surface area contributed by atoms with Crippen molar-refractivity contribution in [2.75, 3.05) is 24.7 Å². The van der Waals surface area contributed by atoms with Gasteiger partial charge in [0, 0.05) is 46.7 Å². The number of nitrogens with two attached hydrogens (primary N) is 1. The minimum atomic E-state index is -0.561. The molecule has 0 bridgehead atoms. The van der Waals surface area contributed by atoms with Crippen molar-refractivity contribution in [3.05, 3.63) is 0 Å². The average Bonchev–Trinajstić information content (AvgIpc) is 2.98. The summed E-state index contributed by atoms with van der Waals surface area (Å²) in [5, 5.41) is 2.49. The molecule has 0 saturated carbocycles. The Bertz CT molecular complexity index is 1010. The number of rotatable bonds is 19. The third-order valence-electron chi connectivity index (χ3n) is 6.59. The minimum Gasteiger partial charge on any atom is -0.466 e. The van der Waals surface area contributed by atoms with E-state index in [0.29, 0.717) is 37.6 Å². The number of halogens is 1. The Kier molecular flexibility index (Phi) is 31.9. The number of ether oxygens (including phenoxy) is 2. The predicted octanol–water partition coefficient (Wildman–Crippen LogP) is 7.65. The van der Waals surface area contributed by atoms with Gasteiger partial charge in [0.05, 0.1) is 37.1 Å². The van der Waals surface area contributed by atoms with Crippen LogP contribution in [0.3, 0.4) is 0 Å². The molecule has 0 aliphatic rings. The first-order valence-electron chi connectivity index (χ1n) is 17.3. The minimum absolute atomic E-state index is 0. The zero-order chi connectivity index (χ0) is 39.1. The van der Waals surface area contributed by atoms with Gasteiger partial charge in [-0.1, -0.05) is 90.5 Å².